The summed E-state index contributed by atoms with van der Waals surface area (Å²) in [5.41, 5.74) is 2.19. The summed E-state index contributed by atoms with van der Waals surface area (Å²) >= 11 is 6.22. The van der Waals surface area contributed by atoms with Crippen LogP contribution in [-0.2, 0) is 16.1 Å². The van der Waals surface area contributed by atoms with Crippen LogP contribution in [0.1, 0.15) is 44.4 Å². The van der Waals surface area contributed by atoms with E-state index in [0.29, 0.717) is 16.5 Å². The summed E-state index contributed by atoms with van der Waals surface area (Å²) in [4.78, 5) is 27.5. The molecule has 6 nitrogen and oxygen atoms in total. The van der Waals surface area contributed by atoms with Crippen LogP contribution >= 0.6 is 11.6 Å². The molecule has 0 unspecified atom stereocenters. The van der Waals surface area contributed by atoms with E-state index in [1.807, 2.05) is 58.9 Å². The summed E-state index contributed by atoms with van der Waals surface area (Å²) in [6, 6.07) is 10.3. The van der Waals surface area contributed by atoms with Crippen molar-refractivity contribution in [1.29, 1.82) is 0 Å². The first-order valence-corrected chi connectivity index (χ1v) is 10.9. The van der Waals surface area contributed by atoms with Gasteiger partial charge in [-0.2, -0.15) is 0 Å². The number of nitrogens with one attached hydrogen (secondary N) is 1. The Morgan fingerprint density at radius 1 is 1.09 bits per heavy atom. The predicted octanol–water partition coefficient (Wildman–Crippen LogP) is 4.68. The Labute approximate surface area is 195 Å². The van der Waals surface area contributed by atoms with Crippen LogP contribution in [0.2, 0.25) is 5.02 Å². The molecule has 2 rings (SSSR count). The van der Waals surface area contributed by atoms with E-state index in [4.69, 9.17) is 21.1 Å². The molecule has 1 atom stereocenters. The van der Waals surface area contributed by atoms with Gasteiger partial charge in [0.2, 0.25) is 5.91 Å². The van der Waals surface area contributed by atoms with Crippen LogP contribution in [0.3, 0.4) is 0 Å². The number of aryl methyl sites for hydroxylation is 2. The highest BCUT2D eigenvalue weighted by atomic mass is 35.5. The van der Waals surface area contributed by atoms with E-state index in [2.05, 4.69) is 5.32 Å². The topological polar surface area (TPSA) is 67.9 Å². The zero-order chi connectivity index (χ0) is 24.1. The molecule has 2 amide bonds. The molecule has 0 aromatic heterocycles. The smallest absolute Gasteiger partial charge is 0.261 e. The van der Waals surface area contributed by atoms with Crippen LogP contribution in [-0.4, -0.2) is 42.0 Å². The molecule has 0 saturated heterocycles. The Bertz CT molecular complexity index is 946. The maximum Gasteiger partial charge on any atom is 0.261 e. The first-order valence-electron chi connectivity index (χ1n) is 10.5. The molecule has 1 N–H and O–H groups in total. The Balaban J connectivity index is 2.23. The van der Waals surface area contributed by atoms with Gasteiger partial charge in [0.15, 0.2) is 6.61 Å². The van der Waals surface area contributed by atoms with Crippen LogP contribution in [0.5, 0.6) is 11.5 Å². The summed E-state index contributed by atoms with van der Waals surface area (Å²) in [5, 5.41) is 3.62. The van der Waals surface area contributed by atoms with Crippen molar-refractivity contribution >= 4 is 23.4 Å². The molecule has 7 heteroatoms. The third kappa shape index (κ3) is 7.16. The second-order valence-electron chi connectivity index (χ2n) is 8.95. The molecule has 32 heavy (non-hydrogen) atoms. The van der Waals surface area contributed by atoms with Crippen LogP contribution in [0.4, 0.5) is 0 Å². The Morgan fingerprint density at radius 3 is 2.28 bits per heavy atom. The van der Waals surface area contributed by atoms with Crippen molar-refractivity contribution in [3.8, 4) is 11.5 Å². The van der Waals surface area contributed by atoms with E-state index in [1.165, 1.54) is 4.90 Å². The Hall–Kier alpha value is -2.73. The Kier molecular flexibility index (Phi) is 8.56. The van der Waals surface area contributed by atoms with Gasteiger partial charge in [0, 0.05) is 17.1 Å². The highest BCUT2D eigenvalue weighted by molar-refractivity contribution is 6.32. The van der Waals surface area contributed by atoms with E-state index in [9.17, 15) is 9.59 Å². The fraction of sp³-hybridized carbons (Fsp3) is 0.440. The molecule has 0 fully saturated rings. The summed E-state index contributed by atoms with van der Waals surface area (Å²) < 4.78 is 11.1. The van der Waals surface area contributed by atoms with Gasteiger partial charge in [0.25, 0.3) is 5.91 Å². The Morgan fingerprint density at radius 2 is 1.72 bits per heavy atom. The third-order valence-electron chi connectivity index (χ3n) is 4.92. The van der Waals surface area contributed by atoms with E-state index < -0.39 is 11.6 Å². The molecule has 0 heterocycles. The second kappa shape index (κ2) is 10.7. The lowest BCUT2D eigenvalue weighted by Crippen LogP contribution is -2.53. The minimum absolute atomic E-state index is 0.197. The zero-order valence-electron chi connectivity index (χ0n) is 19.9. The van der Waals surface area contributed by atoms with Gasteiger partial charge in [-0.15, -0.1) is 0 Å². The summed E-state index contributed by atoms with van der Waals surface area (Å²) in [7, 11) is 1.59. The minimum Gasteiger partial charge on any atom is -0.497 e. The second-order valence-corrected chi connectivity index (χ2v) is 9.33. The van der Waals surface area contributed by atoms with Gasteiger partial charge < -0.3 is 19.7 Å². The zero-order valence-corrected chi connectivity index (χ0v) is 20.7. The van der Waals surface area contributed by atoms with Gasteiger partial charge >= 0.3 is 0 Å². The number of ether oxygens (including phenoxy) is 2. The maximum absolute atomic E-state index is 13.2. The van der Waals surface area contributed by atoms with Crippen molar-refractivity contribution in [2.45, 2.75) is 59.7 Å². The lowest BCUT2D eigenvalue weighted by atomic mass is 10.1. The van der Waals surface area contributed by atoms with Crippen LogP contribution in [0, 0.1) is 13.8 Å². The first kappa shape index (κ1) is 25.5. The molecule has 0 radical (unpaired) electrons. The average molecular weight is 461 g/mol. The van der Waals surface area contributed by atoms with Gasteiger partial charge in [-0.3, -0.25) is 9.59 Å². The third-order valence-corrected chi connectivity index (χ3v) is 5.52. The van der Waals surface area contributed by atoms with Crippen LogP contribution < -0.4 is 14.8 Å². The molecule has 0 spiro atoms. The van der Waals surface area contributed by atoms with Crippen LogP contribution in [0.25, 0.3) is 0 Å². The monoisotopic (exact) mass is 460 g/mol. The number of methoxy groups -OCH3 is 1. The number of carbonyl (C=O) groups excluding carboxylic acids is 2. The van der Waals surface area contributed by atoms with Crippen molar-refractivity contribution in [3.05, 3.63) is 58.1 Å². The van der Waals surface area contributed by atoms with Crippen molar-refractivity contribution in [1.82, 2.24) is 10.2 Å². The van der Waals surface area contributed by atoms with Crippen LogP contribution in [0.15, 0.2) is 36.4 Å². The highest BCUT2D eigenvalue weighted by Crippen LogP contribution is 2.26. The quantitative estimate of drug-likeness (QED) is 0.621. The molecule has 0 aliphatic heterocycles. The molecule has 0 aliphatic carbocycles. The molecular formula is C25H33ClN2O4. The number of hydrogen-bond acceptors (Lipinski definition) is 4. The number of nitrogens with zero attached hydrogens (tertiary/aromatic N) is 1. The fourth-order valence-electron chi connectivity index (χ4n) is 3.24. The lowest BCUT2D eigenvalue weighted by molar-refractivity contribution is -0.142. The summed E-state index contributed by atoms with van der Waals surface area (Å²) in [5.74, 6) is 0.720. The maximum atomic E-state index is 13.2. The molecule has 0 saturated carbocycles. The molecule has 0 aliphatic rings. The fourth-order valence-corrected chi connectivity index (χ4v) is 3.35. The number of carbonyl (C=O) groups is 2. The number of amides is 2. The van der Waals surface area contributed by atoms with Gasteiger partial charge in [-0.1, -0.05) is 23.7 Å². The molecular weight excluding hydrogens is 428 g/mol. The van der Waals surface area contributed by atoms with Crippen molar-refractivity contribution in [3.63, 3.8) is 0 Å². The average Bonchev–Trinajstić information content (AvgIpc) is 2.72. The summed E-state index contributed by atoms with van der Waals surface area (Å²) in [6.07, 6.45) is 0. The molecule has 2 aromatic rings. The minimum atomic E-state index is -0.690. The van der Waals surface area contributed by atoms with Gasteiger partial charge in [-0.25, -0.2) is 0 Å². The number of benzene rings is 2. The number of rotatable bonds is 8. The van der Waals surface area contributed by atoms with Gasteiger partial charge in [0.1, 0.15) is 17.5 Å². The predicted molar refractivity (Wildman–Crippen MR) is 127 cm³/mol. The number of hydrogen-bond donors (Lipinski definition) is 1. The largest absolute Gasteiger partial charge is 0.497 e. The standard InChI is InChI=1S/C25H33ClN2O4/c1-16-11-21(12-17(2)23(16)26)32-15-22(29)28(18(3)24(30)27-25(4,5)6)14-19-9-8-10-20(13-19)31-7/h8-13,18H,14-15H2,1-7H3,(H,27,30)/t18-/m0/s1. The lowest BCUT2D eigenvalue weighted by Gasteiger charge is -2.31. The molecule has 174 valence electrons. The van der Waals surface area contributed by atoms with E-state index >= 15 is 0 Å². The van der Waals surface area contributed by atoms with Crippen molar-refractivity contribution < 1.29 is 19.1 Å². The van der Waals surface area contributed by atoms with Crippen molar-refractivity contribution in [2.24, 2.45) is 0 Å². The molecule has 2 aromatic carbocycles. The van der Waals surface area contributed by atoms with Crippen molar-refractivity contribution in [2.75, 3.05) is 13.7 Å². The number of halogens is 1. The SMILES string of the molecule is COc1cccc(CN(C(=O)COc2cc(C)c(Cl)c(C)c2)[C@@H](C)C(=O)NC(C)(C)C)c1. The van der Waals surface area contributed by atoms with E-state index in [0.717, 1.165) is 16.7 Å². The van der Waals surface area contributed by atoms with Gasteiger partial charge in [0.05, 0.1) is 7.11 Å². The normalized spacial score (nSPS) is 12.1. The highest BCUT2D eigenvalue weighted by Gasteiger charge is 2.28. The van der Waals surface area contributed by atoms with E-state index in [1.54, 1.807) is 26.2 Å². The summed E-state index contributed by atoms with van der Waals surface area (Å²) in [6.45, 7) is 11.3. The first-order chi connectivity index (χ1) is 14.9. The van der Waals surface area contributed by atoms with E-state index in [-0.39, 0.29) is 25.0 Å². The molecule has 0 bridgehead atoms. The van der Waals surface area contributed by atoms with Gasteiger partial charge in [-0.05, 0) is 82.5 Å².